The zero-order valence-electron chi connectivity index (χ0n) is 11.1. The number of benzene rings is 2. The smallest absolute Gasteiger partial charge is 0.185 e. The lowest BCUT2D eigenvalue weighted by molar-refractivity contribution is 0.104. The molecule has 0 aromatic heterocycles. The van der Waals surface area contributed by atoms with Gasteiger partial charge < -0.3 is 9.84 Å². The van der Waals surface area contributed by atoms with E-state index in [9.17, 15) is 9.90 Å². The molecule has 0 aliphatic carbocycles. The number of hydrogen-bond donors (Lipinski definition) is 1. The highest BCUT2D eigenvalue weighted by molar-refractivity contribution is 6.42. The predicted molar refractivity (Wildman–Crippen MR) is 84.5 cm³/mol. The van der Waals surface area contributed by atoms with Gasteiger partial charge in [0.25, 0.3) is 0 Å². The van der Waals surface area contributed by atoms with Gasteiger partial charge in [0.1, 0.15) is 0 Å². The fourth-order valence-electron chi connectivity index (χ4n) is 1.72. The number of rotatable bonds is 4. The SMILES string of the molecule is COc1cc(/C=C/C(=O)c2ccc(Cl)c(Cl)c2)ccc1O. The highest BCUT2D eigenvalue weighted by Crippen LogP contribution is 2.27. The molecular weight excluding hydrogens is 311 g/mol. The number of carbonyl (C=O) groups is 1. The zero-order chi connectivity index (χ0) is 15.4. The number of ketones is 1. The number of carbonyl (C=O) groups excluding carboxylic acids is 1. The molecule has 0 aliphatic rings. The van der Waals surface area contributed by atoms with Crippen molar-refractivity contribution in [2.75, 3.05) is 7.11 Å². The van der Waals surface area contributed by atoms with Gasteiger partial charge in [-0.05, 0) is 42.0 Å². The second-order valence-electron chi connectivity index (χ2n) is 4.26. The van der Waals surface area contributed by atoms with Crippen molar-refractivity contribution in [2.45, 2.75) is 0 Å². The lowest BCUT2D eigenvalue weighted by atomic mass is 10.1. The number of aromatic hydroxyl groups is 1. The second kappa shape index (κ2) is 6.66. The largest absolute Gasteiger partial charge is 0.504 e. The van der Waals surface area contributed by atoms with Crippen LogP contribution in [0, 0.1) is 0 Å². The molecule has 0 atom stereocenters. The van der Waals surface area contributed by atoms with Crippen LogP contribution in [-0.2, 0) is 0 Å². The summed E-state index contributed by atoms with van der Waals surface area (Å²) in [5, 5.41) is 10.2. The Hall–Kier alpha value is -1.97. The quantitative estimate of drug-likeness (QED) is 0.660. The summed E-state index contributed by atoms with van der Waals surface area (Å²) in [5.74, 6) is 0.199. The molecule has 0 aliphatic heterocycles. The maximum atomic E-state index is 12.0. The molecular formula is C16H12Cl2O3. The minimum absolute atomic E-state index is 0.0467. The Balaban J connectivity index is 2.20. The third-order valence-electron chi connectivity index (χ3n) is 2.84. The van der Waals surface area contributed by atoms with Crippen molar-refractivity contribution in [1.82, 2.24) is 0 Å². The molecule has 0 amide bonds. The van der Waals surface area contributed by atoms with Gasteiger partial charge in [-0.15, -0.1) is 0 Å². The van der Waals surface area contributed by atoms with Gasteiger partial charge in [0.05, 0.1) is 17.2 Å². The van der Waals surface area contributed by atoms with Crippen LogP contribution in [0.3, 0.4) is 0 Å². The van der Waals surface area contributed by atoms with Crippen molar-refractivity contribution < 1.29 is 14.6 Å². The van der Waals surface area contributed by atoms with Gasteiger partial charge in [0.2, 0.25) is 0 Å². The molecule has 0 saturated carbocycles. The van der Waals surface area contributed by atoms with Crippen LogP contribution >= 0.6 is 23.2 Å². The standard InChI is InChI=1S/C16H12Cl2O3/c1-21-16-8-10(3-7-15(16)20)2-6-14(19)11-4-5-12(17)13(18)9-11/h2-9,20H,1H3/b6-2+. The number of phenolic OH excluding ortho intramolecular Hbond substituents is 1. The Bertz CT molecular complexity index is 709. The number of halogens is 2. The van der Waals surface area contributed by atoms with Gasteiger partial charge in [0, 0.05) is 5.56 Å². The Morgan fingerprint density at radius 3 is 2.57 bits per heavy atom. The molecule has 108 valence electrons. The van der Waals surface area contributed by atoms with Gasteiger partial charge >= 0.3 is 0 Å². The maximum Gasteiger partial charge on any atom is 0.185 e. The average Bonchev–Trinajstić information content (AvgIpc) is 2.48. The van der Waals surface area contributed by atoms with Crippen molar-refractivity contribution in [1.29, 1.82) is 0 Å². The Morgan fingerprint density at radius 1 is 1.14 bits per heavy atom. The van der Waals surface area contributed by atoms with Crippen LogP contribution in [-0.4, -0.2) is 18.0 Å². The second-order valence-corrected chi connectivity index (χ2v) is 5.07. The van der Waals surface area contributed by atoms with E-state index in [0.29, 0.717) is 21.4 Å². The monoisotopic (exact) mass is 322 g/mol. The van der Waals surface area contributed by atoms with E-state index in [1.54, 1.807) is 30.3 Å². The molecule has 0 spiro atoms. The van der Waals surface area contributed by atoms with Gasteiger partial charge in [0.15, 0.2) is 17.3 Å². The number of ether oxygens (including phenoxy) is 1. The molecule has 2 aromatic carbocycles. The Labute approximate surface area is 132 Å². The van der Waals surface area contributed by atoms with Crippen molar-refractivity contribution in [2.24, 2.45) is 0 Å². The third-order valence-corrected chi connectivity index (χ3v) is 3.57. The molecule has 0 fully saturated rings. The third kappa shape index (κ3) is 3.78. The first-order valence-electron chi connectivity index (χ1n) is 6.05. The fraction of sp³-hybridized carbons (Fsp3) is 0.0625. The summed E-state index contributed by atoms with van der Waals surface area (Å²) in [6, 6.07) is 9.52. The van der Waals surface area contributed by atoms with Crippen LogP contribution in [0.5, 0.6) is 11.5 Å². The summed E-state index contributed by atoms with van der Waals surface area (Å²) in [7, 11) is 1.46. The Morgan fingerprint density at radius 2 is 1.90 bits per heavy atom. The van der Waals surface area contributed by atoms with E-state index in [1.807, 2.05) is 0 Å². The molecule has 2 rings (SSSR count). The van der Waals surface area contributed by atoms with Crippen molar-refractivity contribution in [3.05, 3.63) is 63.6 Å². The number of allylic oxidation sites excluding steroid dienone is 1. The lowest BCUT2D eigenvalue weighted by Gasteiger charge is -2.03. The van der Waals surface area contributed by atoms with Crippen LogP contribution in [0.4, 0.5) is 0 Å². The lowest BCUT2D eigenvalue weighted by Crippen LogP contribution is -1.94. The van der Waals surface area contributed by atoms with Crippen LogP contribution in [0.2, 0.25) is 10.0 Å². The molecule has 0 radical (unpaired) electrons. The minimum Gasteiger partial charge on any atom is -0.504 e. The van der Waals surface area contributed by atoms with E-state index in [0.717, 1.165) is 5.56 Å². The molecule has 3 nitrogen and oxygen atoms in total. The molecule has 21 heavy (non-hydrogen) atoms. The average molecular weight is 323 g/mol. The van der Waals surface area contributed by atoms with Crippen LogP contribution in [0.1, 0.15) is 15.9 Å². The number of hydrogen-bond acceptors (Lipinski definition) is 3. The normalized spacial score (nSPS) is 10.8. The van der Waals surface area contributed by atoms with Crippen molar-refractivity contribution in [3.63, 3.8) is 0 Å². The maximum absolute atomic E-state index is 12.0. The molecule has 1 N–H and O–H groups in total. The highest BCUT2D eigenvalue weighted by Gasteiger charge is 2.06. The number of phenols is 1. The Kier molecular flexibility index (Phi) is 4.89. The van der Waals surface area contributed by atoms with Crippen LogP contribution in [0.15, 0.2) is 42.5 Å². The summed E-state index contributed by atoms with van der Waals surface area (Å²) in [6.45, 7) is 0. The zero-order valence-corrected chi connectivity index (χ0v) is 12.7. The molecule has 0 heterocycles. The fourth-order valence-corrected chi connectivity index (χ4v) is 2.01. The molecule has 0 saturated heterocycles. The summed E-state index contributed by atoms with van der Waals surface area (Å²) in [4.78, 5) is 12.0. The van der Waals surface area contributed by atoms with Crippen LogP contribution < -0.4 is 4.74 Å². The minimum atomic E-state index is -0.194. The summed E-state index contributed by atoms with van der Waals surface area (Å²) >= 11 is 11.7. The van der Waals surface area contributed by atoms with E-state index < -0.39 is 0 Å². The summed E-state index contributed by atoms with van der Waals surface area (Å²) in [5.41, 5.74) is 1.18. The molecule has 5 heteroatoms. The molecule has 0 unspecified atom stereocenters. The van der Waals surface area contributed by atoms with Crippen LogP contribution in [0.25, 0.3) is 6.08 Å². The van der Waals surface area contributed by atoms with E-state index in [-0.39, 0.29) is 11.5 Å². The first-order chi connectivity index (χ1) is 10.0. The summed E-state index contributed by atoms with van der Waals surface area (Å²) in [6.07, 6.45) is 3.05. The predicted octanol–water partition coefficient (Wildman–Crippen LogP) is 4.60. The van der Waals surface area contributed by atoms with E-state index in [4.69, 9.17) is 27.9 Å². The molecule has 2 aromatic rings. The van der Waals surface area contributed by atoms with E-state index in [2.05, 4.69) is 0 Å². The van der Waals surface area contributed by atoms with E-state index in [1.165, 1.54) is 25.3 Å². The van der Waals surface area contributed by atoms with Gasteiger partial charge in [-0.25, -0.2) is 0 Å². The van der Waals surface area contributed by atoms with E-state index >= 15 is 0 Å². The highest BCUT2D eigenvalue weighted by atomic mass is 35.5. The van der Waals surface area contributed by atoms with Gasteiger partial charge in [-0.1, -0.05) is 35.3 Å². The topological polar surface area (TPSA) is 46.5 Å². The van der Waals surface area contributed by atoms with Gasteiger partial charge in [-0.3, -0.25) is 4.79 Å². The summed E-state index contributed by atoms with van der Waals surface area (Å²) < 4.78 is 5.01. The molecule has 0 bridgehead atoms. The van der Waals surface area contributed by atoms with Gasteiger partial charge in [-0.2, -0.15) is 0 Å². The van der Waals surface area contributed by atoms with Crippen molar-refractivity contribution in [3.8, 4) is 11.5 Å². The first kappa shape index (κ1) is 15.4. The van der Waals surface area contributed by atoms with Crippen molar-refractivity contribution >= 4 is 35.1 Å². The number of methoxy groups -OCH3 is 1. The first-order valence-corrected chi connectivity index (χ1v) is 6.81.